The molecule has 3 nitrogen and oxygen atoms in total. The molecular weight excluding hydrogens is 293 g/mol. The summed E-state index contributed by atoms with van der Waals surface area (Å²) in [5.41, 5.74) is 4.24. The van der Waals surface area contributed by atoms with Crippen molar-refractivity contribution in [2.75, 3.05) is 7.05 Å². The minimum atomic E-state index is 0.560. The smallest absolute Gasteiger partial charge is 0.133 e. The normalized spacial score (nSPS) is 10.8. The molecule has 1 aromatic heterocycles. The van der Waals surface area contributed by atoms with Crippen LogP contribution in [0.1, 0.15) is 28.3 Å². The van der Waals surface area contributed by atoms with Crippen LogP contribution in [-0.4, -0.2) is 17.0 Å². The first kappa shape index (κ1) is 15.2. The van der Waals surface area contributed by atoms with E-state index < -0.39 is 0 Å². The van der Waals surface area contributed by atoms with Gasteiger partial charge in [0.15, 0.2) is 0 Å². The Labute approximate surface area is 129 Å². The molecule has 0 unspecified atom stereocenters. The molecule has 0 fully saturated rings. The maximum Gasteiger partial charge on any atom is 0.133 e. The third-order valence-corrected chi connectivity index (χ3v) is 3.91. The van der Waals surface area contributed by atoms with E-state index in [0.29, 0.717) is 16.5 Å². The third-order valence-electron chi connectivity index (χ3n) is 3.17. The minimum Gasteiger partial charge on any atom is -0.316 e. The summed E-state index contributed by atoms with van der Waals surface area (Å²) in [5.74, 6) is 0.804. The van der Waals surface area contributed by atoms with Crippen LogP contribution in [0.15, 0.2) is 18.2 Å². The van der Waals surface area contributed by atoms with E-state index >= 15 is 0 Å². The third kappa shape index (κ3) is 3.48. The largest absolute Gasteiger partial charge is 0.316 e. The maximum absolute atomic E-state index is 6.03. The van der Waals surface area contributed by atoms with Crippen LogP contribution in [0.25, 0.3) is 0 Å². The highest BCUT2D eigenvalue weighted by molar-refractivity contribution is 6.42. The van der Waals surface area contributed by atoms with Crippen molar-refractivity contribution in [3.05, 3.63) is 56.6 Å². The quantitative estimate of drug-likeness (QED) is 0.935. The fraction of sp³-hybridized carbons (Fsp3) is 0.333. The Morgan fingerprint density at radius 2 is 1.70 bits per heavy atom. The summed E-state index contributed by atoms with van der Waals surface area (Å²) in [6, 6.07) is 5.61. The first-order valence-electron chi connectivity index (χ1n) is 6.42. The van der Waals surface area contributed by atoms with Gasteiger partial charge in [0.1, 0.15) is 5.82 Å². The molecule has 0 bridgehead atoms. The lowest BCUT2D eigenvalue weighted by Crippen LogP contribution is -2.12. The predicted octanol–water partition coefficient (Wildman–Crippen LogP) is 3.71. The molecule has 2 rings (SSSR count). The van der Waals surface area contributed by atoms with Gasteiger partial charge in [0.05, 0.1) is 10.0 Å². The van der Waals surface area contributed by atoms with Crippen molar-refractivity contribution in [3.8, 4) is 0 Å². The van der Waals surface area contributed by atoms with E-state index in [1.54, 1.807) is 6.07 Å². The van der Waals surface area contributed by atoms with E-state index in [9.17, 15) is 0 Å². The fourth-order valence-corrected chi connectivity index (χ4v) is 2.47. The molecule has 0 amide bonds. The highest BCUT2D eigenvalue weighted by Crippen LogP contribution is 2.23. The Balaban J connectivity index is 2.27. The molecule has 1 N–H and O–H groups in total. The second-order valence-corrected chi connectivity index (χ2v) is 5.56. The molecule has 5 heteroatoms. The van der Waals surface area contributed by atoms with Crippen LogP contribution >= 0.6 is 23.2 Å². The highest BCUT2D eigenvalue weighted by atomic mass is 35.5. The summed E-state index contributed by atoms with van der Waals surface area (Å²) in [5, 5.41) is 4.26. The number of hydrogen-bond donors (Lipinski definition) is 1. The molecule has 0 spiro atoms. The summed E-state index contributed by atoms with van der Waals surface area (Å²) in [6.07, 6.45) is 0.651. The number of rotatable bonds is 4. The van der Waals surface area contributed by atoms with Crippen molar-refractivity contribution in [3.63, 3.8) is 0 Å². The zero-order valence-electron chi connectivity index (χ0n) is 11.8. The SMILES string of the molecule is CNCc1c(C)nc(Cc2ccc(Cl)c(Cl)c2)nc1C. The first-order valence-corrected chi connectivity index (χ1v) is 7.18. The monoisotopic (exact) mass is 309 g/mol. The van der Waals surface area contributed by atoms with Crippen LogP contribution in [0.4, 0.5) is 0 Å². The molecule has 0 aliphatic carbocycles. The molecule has 1 heterocycles. The van der Waals surface area contributed by atoms with Gasteiger partial charge in [-0.25, -0.2) is 9.97 Å². The second kappa shape index (κ2) is 6.53. The Kier molecular flexibility index (Phi) is 4.97. The molecule has 0 saturated carbocycles. The average molecular weight is 310 g/mol. The number of benzene rings is 1. The van der Waals surface area contributed by atoms with Gasteiger partial charge in [0.25, 0.3) is 0 Å². The Morgan fingerprint density at radius 1 is 1.05 bits per heavy atom. The van der Waals surface area contributed by atoms with Crippen LogP contribution < -0.4 is 5.32 Å². The molecular formula is C15H17Cl2N3. The summed E-state index contributed by atoms with van der Waals surface area (Å²) >= 11 is 11.9. The van der Waals surface area contributed by atoms with Gasteiger partial charge < -0.3 is 5.32 Å². The predicted molar refractivity (Wildman–Crippen MR) is 83.5 cm³/mol. The zero-order valence-corrected chi connectivity index (χ0v) is 13.3. The topological polar surface area (TPSA) is 37.8 Å². The lowest BCUT2D eigenvalue weighted by Gasteiger charge is -2.10. The van der Waals surface area contributed by atoms with Gasteiger partial charge in [-0.3, -0.25) is 0 Å². The highest BCUT2D eigenvalue weighted by Gasteiger charge is 2.09. The second-order valence-electron chi connectivity index (χ2n) is 4.74. The van der Waals surface area contributed by atoms with Crippen molar-refractivity contribution in [2.24, 2.45) is 0 Å². The zero-order chi connectivity index (χ0) is 14.7. The standard InChI is InChI=1S/C15H17Cl2N3/c1-9-12(8-18-3)10(2)20-15(19-9)7-11-4-5-13(16)14(17)6-11/h4-6,18H,7-8H2,1-3H3. The maximum atomic E-state index is 6.03. The molecule has 0 saturated heterocycles. The number of aryl methyl sites for hydroxylation is 2. The molecule has 2 aromatic rings. The van der Waals surface area contributed by atoms with Crippen molar-refractivity contribution >= 4 is 23.2 Å². The van der Waals surface area contributed by atoms with E-state index in [4.69, 9.17) is 23.2 Å². The molecule has 106 valence electrons. The van der Waals surface area contributed by atoms with Crippen LogP contribution in [-0.2, 0) is 13.0 Å². The molecule has 0 atom stereocenters. The lowest BCUT2D eigenvalue weighted by molar-refractivity contribution is 0.773. The number of aromatic nitrogens is 2. The molecule has 1 aromatic carbocycles. The summed E-state index contributed by atoms with van der Waals surface area (Å²) in [4.78, 5) is 9.15. The van der Waals surface area contributed by atoms with Crippen LogP contribution in [0, 0.1) is 13.8 Å². The Bertz CT molecular complexity index is 604. The van der Waals surface area contributed by atoms with E-state index in [1.165, 1.54) is 0 Å². The van der Waals surface area contributed by atoms with E-state index in [-0.39, 0.29) is 0 Å². The van der Waals surface area contributed by atoms with Gasteiger partial charge in [0.2, 0.25) is 0 Å². The number of hydrogen-bond acceptors (Lipinski definition) is 3. The number of halogens is 2. The molecule has 20 heavy (non-hydrogen) atoms. The van der Waals surface area contributed by atoms with Crippen molar-refractivity contribution in [1.82, 2.24) is 15.3 Å². The molecule has 0 aliphatic rings. The van der Waals surface area contributed by atoms with Crippen LogP contribution in [0.3, 0.4) is 0 Å². The Morgan fingerprint density at radius 3 is 2.25 bits per heavy atom. The van der Waals surface area contributed by atoms with Gasteiger partial charge in [-0.05, 0) is 38.6 Å². The van der Waals surface area contributed by atoms with Gasteiger partial charge in [-0.2, -0.15) is 0 Å². The van der Waals surface area contributed by atoms with Crippen molar-refractivity contribution in [1.29, 1.82) is 0 Å². The fourth-order valence-electron chi connectivity index (χ4n) is 2.15. The van der Waals surface area contributed by atoms with Gasteiger partial charge in [-0.15, -0.1) is 0 Å². The van der Waals surface area contributed by atoms with E-state index in [1.807, 2.05) is 33.0 Å². The molecule has 0 aliphatic heterocycles. The van der Waals surface area contributed by atoms with Gasteiger partial charge in [0, 0.05) is 29.9 Å². The van der Waals surface area contributed by atoms with Crippen LogP contribution in [0.5, 0.6) is 0 Å². The summed E-state index contributed by atoms with van der Waals surface area (Å²) in [6.45, 7) is 4.81. The van der Waals surface area contributed by atoms with E-state index in [0.717, 1.165) is 34.9 Å². The number of nitrogens with one attached hydrogen (secondary N) is 1. The summed E-state index contributed by atoms with van der Waals surface area (Å²) < 4.78 is 0. The lowest BCUT2D eigenvalue weighted by atomic mass is 10.1. The minimum absolute atomic E-state index is 0.560. The average Bonchev–Trinajstić information content (AvgIpc) is 2.38. The van der Waals surface area contributed by atoms with Crippen molar-refractivity contribution in [2.45, 2.75) is 26.8 Å². The van der Waals surface area contributed by atoms with Gasteiger partial charge >= 0.3 is 0 Å². The van der Waals surface area contributed by atoms with E-state index in [2.05, 4.69) is 15.3 Å². The first-order chi connectivity index (χ1) is 9.51. The number of nitrogens with zero attached hydrogens (tertiary/aromatic N) is 2. The molecule has 0 radical (unpaired) electrons. The van der Waals surface area contributed by atoms with Crippen LogP contribution in [0.2, 0.25) is 10.0 Å². The van der Waals surface area contributed by atoms with Gasteiger partial charge in [-0.1, -0.05) is 29.3 Å². The van der Waals surface area contributed by atoms with Crippen molar-refractivity contribution < 1.29 is 0 Å². The Hall–Kier alpha value is -1.16. The summed E-state index contributed by atoms with van der Waals surface area (Å²) in [7, 11) is 1.92.